The van der Waals surface area contributed by atoms with Crippen LogP contribution < -0.4 is 10.2 Å². The van der Waals surface area contributed by atoms with Crippen LogP contribution in [0.2, 0.25) is 0 Å². The van der Waals surface area contributed by atoms with Crippen LogP contribution in [0.4, 0.5) is 5.69 Å². The van der Waals surface area contributed by atoms with Crippen LogP contribution in [0.25, 0.3) is 10.6 Å². The molecule has 0 aliphatic heterocycles. The highest BCUT2D eigenvalue weighted by Crippen LogP contribution is 2.26. The van der Waals surface area contributed by atoms with E-state index in [1.165, 1.54) is 16.1 Å². The fourth-order valence-electron chi connectivity index (χ4n) is 1.91. The number of aromatic nitrogens is 1. The Kier molecular flexibility index (Phi) is 5.15. The summed E-state index contributed by atoms with van der Waals surface area (Å²) in [6.07, 6.45) is 1.98. The molecule has 1 aromatic carbocycles. The van der Waals surface area contributed by atoms with E-state index in [9.17, 15) is 0 Å². The lowest BCUT2D eigenvalue weighted by Gasteiger charge is -2.11. The zero-order chi connectivity index (χ0) is 14.5. The molecule has 0 amide bonds. The van der Waals surface area contributed by atoms with Gasteiger partial charge in [0, 0.05) is 43.0 Å². The van der Waals surface area contributed by atoms with Crippen LogP contribution in [0.3, 0.4) is 0 Å². The maximum Gasteiger partial charge on any atom is 0.123 e. The van der Waals surface area contributed by atoms with E-state index in [-0.39, 0.29) is 0 Å². The minimum Gasteiger partial charge on any atom is -0.378 e. The molecular formula is C16H23N3S. The largest absolute Gasteiger partial charge is 0.378 e. The van der Waals surface area contributed by atoms with Crippen LogP contribution >= 0.6 is 11.3 Å². The molecule has 20 heavy (non-hydrogen) atoms. The van der Waals surface area contributed by atoms with Crippen molar-refractivity contribution in [3.05, 3.63) is 35.3 Å². The Morgan fingerprint density at radius 3 is 2.50 bits per heavy atom. The molecule has 0 atom stereocenters. The lowest BCUT2D eigenvalue weighted by Crippen LogP contribution is -2.18. The number of benzene rings is 1. The van der Waals surface area contributed by atoms with Crippen LogP contribution in [0.5, 0.6) is 0 Å². The molecule has 1 N–H and O–H groups in total. The second kappa shape index (κ2) is 6.86. The first-order chi connectivity index (χ1) is 9.56. The van der Waals surface area contributed by atoms with Gasteiger partial charge in [-0.3, -0.25) is 0 Å². The average Bonchev–Trinajstić information content (AvgIpc) is 2.87. The summed E-state index contributed by atoms with van der Waals surface area (Å²) in [7, 11) is 4.10. The van der Waals surface area contributed by atoms with Gasteiger partial charge >= 0.3 is 0 Å². The van der Waals surface area contributed by atoms with Gasteiger partial charge in [0.1, 0.15) is 5.01 Å². The minimum absolute atomic E-state index is 0.681. The van der Waals surface area contributed by atoms with Crippen LogP contribution in [-0.4, -0.2) is 25.6 Å². The minimum atomic E-state index is 0.681. The number of thiazole rings is 1. The summed E-state index contributed by atoms with van der Waals surface area (Å²) in [5, 5.41) is 4.55. The van der Waals surface area contributed by atoms with E-state index in [4.69, 9.17) is 0 Å². The predicted molar refractivity (Wildman–Crippen MR) is 88.4 cm³/mol. The quantitative estimate of drug-likeness (QED) is 0.880. The van der Waals surface area contributed by atoms with E-state index < -0.39 is 0 Å². The molecule has 0 aliphatic carbocycles. The van der Waals surface area contributed by atoms with Crippen molar-refractivity contribution in [1.29, 1.82) is 0 Å². The third kappa shape index (κ3) is 4.05. The molecule has 2 rings (SSSR count). The van der Waals surface area contributed by atoms with Gasteiger partial charge in [0.15, 0.2) is 0 Å². The van der Waals surface area contributed by atoms with Crippen LogP contribution in [0.1, 0.15) is 18.7 Å². The molecule has 0 bridgehead atoms. The topological polar surface area (TPSA) is 28.2 Å². The summed E-state index contributed by atoms with van der Waals surface area (Å²) < 4.78 is 0. The van der Waals surface area contributed by atoms with Gasteiger partial charge in [0.2, 0.25) is 0 Å². The SMILES string of the molecule is CC(C)CNCc1cnc(-c2ccc(N(C)C)cc2)s1. The lowest BCUT2D eigenvalue weighted by molar-refractivity contribution is 0.554. The smallest absolute Gasteiger partial charge is 0.123 e. The zero-order valence-electron chi connectivity index (χ0n) is 12.7. The third-order valence-corrected chi connectivity index (χ3v) is 4.08. The molecule has 108 valence electrons. The zero-order valence-corrected chi connectivity index (χ0v) is 13.5. The second-order valence-corrected chi connectivity index (χ2v) is 6.71. The van der Waals surface area contributed by atoms with Crippen molar-refractivity contribution in [3.8, 4) is 10.6 Å². The van der Waals surface area contributed by atoms with Gasteiger partial charge in [-0.15, -0.1) is 11.3 Å². The normalized spacial score (nSPS) is 11.1. The van der Waals surface area contributed by atoms with Gasteiger partial charge in [0.25, 0.3) is 0 Å². The molecule has 0 radical (unpaired) electrons. The highest BCUT2D eigenvalue weighted by Gasteiger charge is 2.05. The number of hydrogen-bond acceptors (Lipinski definition) is 4. The number of nitrogens with one attached hydrogen (secondary N) is 1. The van der Waals surface area contributed by atoms with E-state index in [0.717, 1.165) is 18.1 Å². The number of anilines is 1. The molecule has 4 heteroatoms. The lowest BCUT2D eigenvalue weighted by atomic mass is 10.2. The van der Waals surface area contributed by atoms with E-state index in [1.807, 2.05) is 6.20 Å². The van der Waals surface area contributed by atoms with Crippen LogP contribution in [0, 0.1) is 5.92 Å². The number of rotatable bonds is 6. The Labute approximate surface area is 125 Å². The highest BCUT2D eigenvalue weighted by atomic mass is 32.1. The van der Waals surface area contributed by atoms with Crippen molar-refractivity contribution in [2.24, 2.45) is 5.92 Å². The summed E-state index contributed by atoms with van der Waals surface area (Å²) >= 11 is 1.76. The van der Waals surface area contributed by atoms with E-state index in [2.05, 4.69) is 67.4 Å². The van der Waals surface area contributed by atoms with Gasteiger partial charge in [-0.25, -0.2) is 4.98 Å². The Bertz CT molecular complexity index is 529. The molecule has 3 nitrogen and oxygen atoms in total. The van der Waals surface area contributed by atoms with Crippen molar-refractivity contribution in [2.75, 3.05) is 25.5 Å². The number of nitrogens with zero attached hydrogens (tertiary/aromatic N) is 2. The summed E-state index contributed by atoms with van der Waals surface area (Å²) in [6, 6.07) is 8.54. The van der Waals surface area contributed by atoms with Crippen LogP contribution in [0.15, 0.2) is 30.5 Å². The molecule has 0 fully saturated rings. The van der Waals surface area contributed by atoms with Gasteiger partial charge < -0.3 is 10.2 Å². The molecule has 0 saturated heterocycles. The fourth-order valence-corrected chi connectivity index (χ4v) is 2.80. The van der Waals surface area contributed by atoms with Gasteiger partial charge in [-0.2, -0.15) is 0 Å². The molecule has 0 spiro atoms. The molecule has 1 heterocycles. The Morgan fingerprint density at radius 2 is 1.90 bits per heavy atom. The Balaban J connectivity index is 2.01. The van der Waals surface area contributed by atoms with Crippen LogP contribution in [-0.2, 0) is 6.54 Å². The Morgan fingerprint density at radius 1 is 1.20 bits per heavy atom. The first-order valence-electron chi connectivity index (χ1n) is 6.99. The summed E-state index contributed by atoms with van der Waals surface area (Å²) in [5.74, 6) is 0.681. The molecule has 0 aliphatic rings. The van der Waals surface area contributed by atoms with Crippen molar-refractivity contribution >= 4 is 17.0 Å². The monoisotopic (exact) mass is 289 g/mol. The fraction of sp³-hybridized carbons (Fsp3) is 0.438. The van der Waals surface area contributed by atoms with Gasteiger partial charge in [-0.05, 0) is 36.7 Å². The summed E-state index contributed by atoms with van der Waals surface area (Å²) in [4.78, 5) is 7.92. The summed E-state index contributed by atoms with van der Waals surface area (Å²) in [6.45, 7) is 6.39. The molecule has 2 aromatic rings. The predicted octanol–water partition coefficient (Wildman–Crippen LogP) is 3.62. The van der Waals surface area contributed by atoms with Gasteiger partial charge in [-0.1, -0.05) is 13.8 Å². The van der Waals surface area contributed by atoms with Crippen molar-refractivity contribution in [2.45, 2.75) is 20.4 Å². The average molecular weight is 289 g/mol. The first kappa shape index (κ1) is 15.0. The van der Waals surface area contributed by atoms with E-state index in [1.54, 1.807) is 11.3 Å². The molecule has 0 saturated carbocycles. The number of hydrogen-bond donors (Lipinski definition) is 1. The van der Waals surface area contributed by atoms with Gasteiger partial charge in [0.05, 0.1) is 0 Å². The maximum absolute atomic E-state index is 4.52. The molecule has 1 aromatic heterocycles. The third-order valence-electron chi connectivity index (χ3n) is 3.04. The van der Waals surface area contributed by atoms with E-state index >= 15 is 0 Å². The molecular weight excluding hydrogens is 266 g/mol. The highest BCUT2D eigenvalue weighted by molar-refractivity contribution is 7.15. The van der Waals surface area contributed by atoms with E-state index in [0.29, 0.717) is 5.92 Å². The van der Waals surface area contributed by atoms with Crippen molar-refractivity contribution in [3.63, 3.8) is 0 Å². The summed E-state index contributed by atoms with van der Waals surface area (Å²) in [5.41, 5.74) is 2.40. The maximum atomic E-state index is 4.52. The standard InChI is InChI=1S/C16H23N3S/c1-12(2)9-17-10-15-11-18-16(20-15)13-5-7-14(8-6-13)19(3)4/h5-8,11-12,17H,9-10H2,1-4H3. The van der Waals surface area contributed by atoms with Crippen molar-refractivity contribution < 1.29 is 0 Å². The second-order valence-electron chi connectivity index (χ2n) is 5.60. The first-order valence-corrected chi connectivity index (χ1v) is 7.81. The molecule has 0 unspecified atom stereocenters. The van der Waals surface area contributed by atoms with Crippen molar-refractivity contribution in [1.82, 2.24) is 10.3 Å². The Hall–Kier alpha value is -1.39.